The number of rotatable bonds is 3. The van der Waals surface area contributed by atoms with Gasteiger partial charge in [-0.2, -0.15) is 0 Å². The summed E-state index contributed by atoms with van der Waals surface area (Å²) in [7, 11) is 0. The third-order valence-corrected chi connectivity index (χ3v) is 3.16. The number of carbonyl (C=O) groups excluding carboxylic acids is 2. The zero-order valence-electron chi connectivity index (χ0n) is 9.26. The summed E-state index contributed by atoms with van der Waals surface area (Å²) in [5.41, 5.74) is 0. The number of piperazine rings is 1. The van der Waals surface area contributed by atoms with Crippen molar-refractivity contribution in [1.29, 1.82) is 0 Å². The van der Waals surface area contributed by atoms with Gasteiger partial charge in [-0.1, -0.05) is 5.16 Å². The molecule has 90 valence electrons. The lowest BCUT2D eigenvalue weighted by Gasteiger charge is -2.31. The van der Waals surface area contributed by atoms with Crippen molar-refractivity contribution in [3.63, 3.8) is 0 Å². The first-order valence-corrected chi connectivity index (χ1v) is 5.72. The van der Waals surface area contributed by atoms with Gasteiger partial charge in [0, 0.05) is 6.07 Å². The zero-order valence-corrected chi connectivity index (χ0v) is 9.26. The topological polar surface area (TPSA) is 75.4 Å². The summed E-state index contributed by atoms with van der Waals surface area (Å²) in [6.45, 7) is 0.415. The molecule has 0 spiro atoms. The van der Waals surface area contributed by atoms with Crippen molar-refractivity contribution in [2.45, 2.75) is 25.4 Å². The van der Waals surface area contributed by atoms with Gasteiger partial charge >= 0.3 is 0 Å². The van der Waals surface area contributed by atoms with Crippen molar-refractivity contribution in [3.05, 3.63) is 18.0 Å². The van der Waals surface area contributed by atoms with Gasteiger partial charge in [0.15, 0.2) is 5.76 Å². The fraction of sp³-hybridized carbons (Fsp3) is 0.545. The Morgan fingerprint density at radius 2 is 2.29 bits per heavy atom. The Bertz CT molecular complexity index is 439. The summed E-state index contributed by atoms with van der Waals surface area (Å²) in [6.07, 6.45) is 3.57. The molecule has 1 unspecified atom stereocenters. The average molecular weight is 235 g/mol. The highest BCUT2D eigenvalue weighted by molar-refractivity contribution is 5.95. The standard InChI is InChI=1S/C11H13N3O3/c15-9-6-14(5-8-3-4-12-17-8)11(16)10(13-9)7-1-2-7/h3-4,7,10H,1-2,5-6H2,(H,13,15). The first kappa shape index (κ1) is 10.3. The van der Waals surface area contributed by atoms with Crippen LogP contribution in [0.15, 0.2) is 16.8 Å². The Hall–Kier alpha value is -1.85. The molecule has 17 heavy (non-hydrogen) atoms. The fourth-order valence-corrected chi connectivity index (χ4v) is 2.12. The Morgan fingerprint density at radius 3 is 2.94 bits per heavy atom. The molecule has 1 aliphatic carbocycles. The van der Waals surface area contributed by atoms with Crippen molar-refractivity contribution in [1.82, 2.24) is 15.4 Å². The lowest BCUT2D eigenvalue weighted by molar-refractivity contribution is -0.145. The molecule has 0 radical (unpaired) electrons. The number of nitrogens with one attached hydrogen (secondary N) is 1. The van der Waals surface area contributed by atoms with Gasteiger partial charge in [-0.05, 0) is 18.8 Å². The minimum absolute atomic E-state index is 0.0106. The van der Waals surface area contributed by atoms with E-state index >= 15 is 0 Å². The summed E-state index contributed by atoms with van der Waals surface area (Å²) >= 11 is 0. The van der Waals surface area contributed by atoms with Crippen LogP contribution in [0.3, 0.4) is 0 Å². The molecular formula is C11H13N3O3. The van der Waals surface area contributed by atoms with Gasteiger partial charge in [-0.15, -0.1) is 0 Å². The molecule has 0 bridgehead atoms. The second-order valence-electron chi connectivity index (χ2n) is 4.56. The van der Waals surface area contributed by atoms with Gasteiger partial charge in [0.05, 0.1) is 12.7 Å². The summed E-state index contributed by atoms with van der Waals surface area (Å²) in [5, 5.41) is 6.35. The number of aromatic nitrogens is 1. The minimum Gasteiger partial charge on any atom is -0.360 e. The molecule has 3 rings (SSSR count). The van der Waals surface area contributed by atoms with Crippen molar-refractivity contribution in [2.75, 3.05) is 6.54 Å². The van der Waals surface area contributed by atoms with Gasteiger partial charge in [0.25, 0.3) is 0 Å². The van der Waals surface area contributed by atoms with E-state index in [0.717, 1.165) is 12.8 Å². The highest BCUT2D eigenvalue weighted by atomic mass is 16.5. The fourth-order valence-electron chi connectivity index (χ4n) is 2.12. The first-order valence-electron chi connectivity index (χ1n) is 5.72. The lowest BCUT2D eigenvalue weighted by atomic mass is 10.1. The van der Waals surface area contributed by atoms with E-state index in [-0.39, 0.29) is 24.4 Å². The molecule has 1 N–H and O–H groups in total. The third-order valence-electron chi connectivity index (χ3n) is 3.16. The maximum atomic E-state index is 12.1. The summed E-state index contributed by atoms with van der Waals surface area (Å²) in [6, 6.07) is 1.37. The van der Waals surface area contributed by atoms with Crippen molar-refractivity contribution >= 4 is 11.8 Å². The van der Waals surface area contributed by atoms with E-state index in [4.69, 9.17) is 4.52 Å². The van der Waals surface area contributed by atoms with Gasteiger partial charge in [0.1, 0.15) is 12.6 Å². The highest BCUT2D eigenvalue weighted by Crippen LogP contribution is 2.34. The van der Waals surface area contributed by atoms with Crippen molar-refractivity contribution in [2.24, 2.45) is 5.92 Å². The highest BCUT2D eigenvalue weighted by Gasteiger charge is 2.42. The second kappa shape index (κ2) is 3.87. The van der Waals surface area contributed by atoms with Gasteiger partial charge in [0.2, 0.25) is 11.8 Å². The molecule has 2 aliphatic rings. The summed E-state index contributed by atoms with van der Waals surface area (Å²) in [5.74, 6) is 0.816. The van der Waals surface area contributed by atoms with E-state index in [1.54, 1.807) is 6.07 Å². The molecule has 1 aliphatic heterocycles. The molecule has 1 atom stereocenters. The van der Waals surface area contributed by atoms with E-state index in [2.05, 4.69) is 10.5 Å². The van der Waals surface area contributed by atoms with E-state index < -0.39 is 0 Å². The van der Waals surface area contributed by atoms with Crippen LogP contribution in [0.25, 0.3) is 0 Å². The van der Waals surface area contributed by atoms with Crippen molar-refractivity contribution in [3.8, 4) is 0 Å². The van der Waals surface area contributed by atoms with Crippen molar-refractivity contribution < 1.29 is 14.1 Å². The van der Waals surface area contributed by atoms with Crippen LogP contribution in [0.5, 0.6) is 0 Å². The van der Waals surface area contributed by atoms with E-state index in [1.807, 2.05) is 0 Å². The normalized spacial score (nSPS) is 24.9. The van der Waals surface area contributed by atoms with Crippen LogP contribution in [-0.2, 0) is 16.1 Å². The Kier molecular flexibility index (Phi) is 2.35. The number of hydrogen-bond donors (Lipinski definition) is 1. The van der Waals surface area contributed by atoms with Crippen LogP contribution >= 0.6 is 0 Å². The smallest absolute Gasteiger partial charge is 0.246 e. The number of amides is 2. The Labute approximate surface area is 97.9 Å². The predicted octanol–water partition coefficient (Wildman–Crippen LogP) is -0.0884. The maximum Gasteiger partial charge on any atom is 0.246 e. The molecule has 1 aromatic heterocycles. The lowest BCUT2D eigenvalue weighted by Crippen LogP contribution is -2.58. The number of hydrogen-bond acceptors (Lipinski definition) is 4. The predicted molar refractivity (Wildman–Crippen MR) is 56.6 cm³/mol. The van der Waals surface area contributed by atoms with Crippen LogP contribution in [0.4, 0.5) is 0 Å². The summed E-state index contributed by atoms with van der Waals surface area (Å²) < 4.78 is 4.96. The van der Waals surface area contributed by atoms with E-state index in [9.17, 15) is 9.59 Å². The van der Waals surface area contributed by atoms with Gasteiger partial charge < -0.3 is 14.7 Å². The molecule has 0 aromatic carbocycles. The monoisotopic (exact) mass is 235 g/mol. The molecule has 2 fully saturated rings. The maximum absolute atomic E-state index is 12.1. The first-order chi connectivity index (χ1) is 8.24. The minimum atomic E-state index is -0.334. The quantitative estimate of drug-likeness (QED) is 0.794. The second-order valence-corrected chi connectivity index (χ2v) is 4.56. The van der Waals surface area contributed by atoms with Gasteiger partial charge in [-0.25, -0.2) is 0 Å². The third kappa shape index (κ3) is 2.02. The molecule has 6 heteroatoms. The molecule has 1 saturated carbocycles. The average Bonchev–Trinajstić information content (AvgIpc) is 3.02. The molecule has 1 saturated heterocycles. The largest absolute Gasteiger partial charge is 0.360 e. The number of nitrogens with zero attached hydrogens (tertiary/aromatic N) is 2. The van der Waals surface area contributed by atoms with Crippen LogP contribution in [-0.4, -0.2) is 34.5 Å². The number of carbonyl (C=O) groups is 2. The van der Waals surface area contributed by atoms with Crippen LogP contribution in [0.1, 0.15) is 18.6 Å². The molecule has 1 aromatic rings. The van der Waals surface area contributed by atoms with Crippen LogP contribution in [0, 0.1) is 5.92 Å². The van der Waals surface area contributed by atoms with Gasteiger partial charge in [-0.3, -0.25) is 9.59 Å². The SMILES string of the molecule is O=C1CN(Cc2ccno2)C(=O)C(C2CC2)N1. The Balaban J connectivity index is 1.73. The van der Waals surface area contributed by atoms with Crippen LogP contribution in [0.2, 0.25) is 0 Å². The molecular weight excluding hydrogens is 222 g/mol. The van der Waals surface area contributed by atoms with E-state index in [0.29, 0.717) is 18.2 Å². The van der Waals surface area contributed by atoms with Crippen LogP contribution < -0.4 is 5.32 Å². The summed E-state index contributed by atoms with van der Waals surface area (Å²) in [4.78, 5) is 25.2. The molecule has 2 heterocycles. The molecule has 2 amide bonds. The zero-order chi connectivity index (χ0) is 11.8. The molecule has 6 nitrogen and oxygen atoms in total. The van der Waals surface area contributed by atoms with E-state index in [1.165, 1.54) is 11.1 Å². The Morgan fingerprint density at radius 1 is 1.47 bits per heavy atom.